The largest absolute Gasteiger partial charge is 0.506 e. The van der Waals surface area contributed by atoms with Gasteiger partial charge in [-0.15, -0.1) is 23.1 Å². The lowest BCUT2D eigenvalue weighted by Gasteiger charge is -2.01. The number of rotatable bonds is 5. The van der Waals surface area contributed by atoms with Crippen molar-refractivity contribution in [3.8, 4) is 11.8 Å². The molecule has 2 N–H and O–H groups in total. The molecule has 2 heterocycles. The van der Waals surface area contributed by atoms with Gasteiger partial charge in [0.1, 0.15) is 23.2 Å². The number of thiophene rings is 1. The van der Waals surface area contributed by atoms with Crippen molar-refractivity contribution >= 4 is 39.1 Å². The van der Waals surface area contributed by atoms with Crippen LogP contribution in [0.2, 0.25) is 0 Å². The van der Waals surface area contributed by atoms with Gasteiger partial charge in [-0.25, -0.2) is 4.39 Å². The number of nitrogens with zero attached hydrogens (tertiary/aromatic N) is 1. The highest BCUT2D eigenvalue weighted by Crippen LogP contribution is 2.40. The summed E-state index contributed by atoms with van der Waals surface area (Å²) in [5, 5.41) is 19.2. The van der Waals surface area contributed by atoms with Gasteiger partial charge in [-0.05, 0) is 24.3 Å². The Morgan fingerprint density at radius 3 is 2.76 bits per heavy atom. The number of Topliss-reactive ketones (excluding diaryl/α,β-unsaturated/α-hetero) is 1. The van der Waals surface area contributed by atoms with Gasteiger partial charge in [0, 0.05) is 23.8 Å². The molecular formula is C17H11FN2O3S2. The second-order valence-electron chi connectivity index (χ2n) is 5.13. The average molecular weight is 374 g/mol. The van der Waals surface area contributed by atoms with E-state index in [1.165, 1.54) is 47.4 Å². The first kappa shape index (κ1) is 17.2. The predicted octanol–water partition coefficient (Wildman–Crippen LogP) is 3.67. The quantitative estimate of drug-likeness (QED) is 0.525. The first-order valence-electron chi connectivity index (χ1n) is 7.20. The third-order valence-electron chi connectivity index (χ3n) is 3.46. The summed E-state index contributed by atoms with van der Waals surface area (Å²) in [4.78, 5) is 26.1. The van der Waals surface area contributed by atoms with Gasteiger partial charge in [-0.1, -0.05) is 0 Å². The molecule has 0 aliphatic heterocycles. The molecule has 0 radical (unpaired) electrons. The number of aromatic hydroxyl groups is 1. The van der Waals surface area contributed by atoms with Crippen LogP contribution in [0.4, 0.5) is 4.39 Å². The van der Waals surface area contributed by atoms with E-state index in [1.54, 1.807) is 0 Å². The fraction of sp³-hybridized carbons (Fsp3) is 0.118. The van der Waals surface area contributed by atoms with Crippen LogP contribution in [0.25, 0.3) is 10.2 Å². The van der Waals surface area contributed by atoms with E-state index >= 15 is 0 Å². The molecule has 126 valence electrons. The van der Waals surface area contributed by atoms with E-state index in [0.717, 1.165) is 6.07 Å². The number of nitrogens with one attached hydrogen (secondary N) is 1. The zero-order valence-corrected chi connectivity index (χ0v) is 14.3. The maximum absolute atomic E-state index is 12.9. The van der Waals surface area contributed by atoms with Gasteiger partial charge in [0.25, 0.3) is 5.56 Å². The molecule has 0 unspecified atom stereocenters. The van der Waals surface area contributed by atoms with Crippen LogP contribution in [0, 0.1) is 17.1 Å². The molecule has 1 aromatic carbocycles. The van der Waals surface area contributed by atoms with Crippen LogP contribution in [-0.4, -0.2) is 21.6 Å². The van der Waals surface area contributed by atoms with Crippen molar-refractivity contribution in [2.75, 3.05) is 5.75 Å². The number of hydrogen-bond donors (Lipinski definition) is 2. The highest BCUT2D eigenvalue weighted by molar-refractivity contribution is 8.01. The minimum Gasteiger partial charge on any atom is -0.506 e. The van der Waals surface area contributed by atoms with Crippen molar-refractivity contribution in [1.29, 1.82) is 5.26 Å². The summed E-state index contributed by atoms with van der Waals surface area (Å²) in [5.41, 5.74) is 0.542. The standard InChI is InChI=1S/C17H11FN2O3S2/c18-10-3-1-9(2-4-10)12(21)5-6-24-17-11(8-19)15-16(25-17)13(22)7-14(23)20-15/h1-4,7H,5-6H2,(H2,20,22,23). The van der Waals surface area contributed by atoms with E-state index in [0.29, 0.717) is 25.7 Å². The van der Waals surface area contributed by atoms with Crippen LogP contribution in [0.15, 0.2) is 39.3 Å². The number of H-pyrrole nitrogens is 1. The lowest BCUT2D eigenvalue weighted by atomic mass is 10.1. The Morgan fingerprint density at radius 2 is 2.08 bits per heavy atom. The van der Waals surface area contributed by atoms with E-state index in [9.17, 15) is 24.3 Å². The Bertz CT molecular complexity index is 1050. The number of thioether (sulfide) groups is 1. The summed E-state index contributed by atoms with van der Waals surface area (Å²) < 4.78 is 13.9. The maximum Gasteiger partial charge on any atom is 0.252 e. The molecule has 0 atom stereocenters. The second kappa shape index (κ2) is 7.09. The lowest BCUT2D eigenvalue weighted by molar-refractivity contribution is 0.0989. The van der Waals surface area contributed by atoms with Gasteiger partial charge >= 0.3 is 0 Å². The summed E-state index contributed by atoms with van der Waals surface area (Å²) in [6.07, 6.45) is 0.220. The molecular weight excluding hydrogens is 363 g/mol. The summed E-state index contributed by atoms with van der Waals surface area (Å²) in [6, 6.07) is 8.44. The van der Waals surface area contributed by atoms with Crippen molar-refractivity contribution < 1.29 is 14.3 Å². The normalized spacial score (nSPS) is 10.7. The number of aromatic amines is 1. The Kier molecular flexibility index (Phi) is 4.88. The molecule has 2 aromatic heterocycles. The maximum atomic E-state index is 12.9. The van der Waals surface area contributed by atoms with Crippen LogP contribution in [0.1, 0.15) is 22.3 Å². The molecule has 0 bridgehead atoms. The third kappa shape index (κ3) is 3.57. The summed E-state index contributed by atoms with van der Waals surface area (Å²) in [7, 11) is 0. The molecule has 25 heavy (non-hydrogen) atoms. The predicted molar refractivity (Wildman–Crippen MR) is 94.9 cm³/mol. The number of hydrogen-bond acceptors (Lipinski definition) is 6. The molecule has 0 aliphatic rings. The smallest absolute Gasteiger partial charge is 0.252 e. The monoisotopic (exact) mass is 374 g/mol. The first-order valence-corrected chi connectivity index (χ1v) is 9.00. The van der Waals surface area contributed by atoms with E-state index in [4.69, 9.17) is 0 Å². The molecule has 0 spiro atoms. The van der Waals surface area contributed by atoms with Crippen molar-refractivity contribution in [3.63, 3.8) is 0 Å². The van der Waals surface area contributed by atoms with Crippen LogP contribution in [0.5, 0.6) is 5.75 Å². The second-order valence-corrected chi connectivity index (χ2v) is 7.51. The number of fused-ring (bicyclic) bond motifs is 1. The lowest BCUT2D eigenvalue weighted by Crippen LogP contribution is -2.02. The van der Waals surface area contributed by atoms with Gasteiger partial charge in [-0.3, -0.25) is 9.59 Å². The SMILES string of the molecule is N#Cc1c(SCCC(=O)c2ccc(F)cc2)sc2c(O)cc(=O)[nH]c12. The van der Waals surface area contributed by atoms with Gasteiger partial charge in [-0.2, -0.15) is 5.26 Å². The minimum atomic E-state index is -0.484. The van der Waals surface area contributed by atoms with Gasteiger partial charge < -0.3 is 10.1 Å². The number of aromatic nitrogens is 1. The van der Waals surface area contributed by atoms with E-state index < -0.39 is 11.4 Å². The van der Waals surface area contributed by atoms with Gasteiger partial charge in [0.15, 0.2) is 5.78 Å². The Morgan fingerprint density at radius 1 is 1.36 bits per heavy atom. The Hall–Kier alpha value is -2.63. The average Bonchev–Trinajstić information content (AvgIpc) is 2.93. The van der Waals surface area contributed by atoms with E-state index in [-0.39, 0.29) is 23.5 Å². The topological polar surface area (TPSA) is 93.9 Å². The molecule has 3 rings (SSSR count). The van der Waals surface area contributed by atoms with Crippen LogP contribution in [-0.2, 0) is 0 Å². The number of halogens is 1. The fourth-order valence-corrected chi connectivity index (χ4v) is 4.63. The zero-order valence-electron chi connectivity index (χ0n) is 12.7. The van der Waals surface area contributed by atoms with Crippen molar-refractivity contribution in [3.05, 3.63) is 57.6 Å². The first-order chi connectivity index (χ1) is 12.0. The summed E-state index contributed by atoms with van der Waals surface area (Å²) >= 11 is 2.50. The molecule has 0 saturated heterocycles. The summed E-state index contributed by atoms with van der Waals surface area (Å²) in [5.74, 6) is -0.274. The number of carbonyl (C=O) groups is 1. The zero-order chi connectivity index (χ0) is 18.0. The Balaban J connectivity index is 1.76. The van der Waals surface area contributed by atoms with Gasteiger partial charge in [0.2, 0.25) is 0 Å². The summed E-state index contributed by atoms with van der Waals surface area (Å²) in [6.45, 7) is 0. The highest BCUT2D eigenvalue weighted by Gasteiger charge is 2.17. The molecule has 5 nitrogen and oxygen atoms in total. The van der Waals surface area contributed by atoms with Crippen molar-refractivity contribution in [2.45, 2.75) is 10.6 Å². The number of benzene rings is 1. The van der Waals surface area contributed by atoms with Crippen molar-refractivity contribution in [1.82, 2.24) is 4.98 Å². The van der Waals surface area contributed by atoms with Crippen LogP contribution < -0.4 is 5.56 Å². The van der Waals surface area contributed by atoms with E-state index in [1.807, 2.05) is 6.07 Å². The fourth-order valence-electron chi connectivity index (χ4n) is 2.28. The third-order valence-corrected chi connectivity index (χ3v) is 5.95. The molecule has 0 saturated carbocycles. The molecule has 3 aromatic rings. The highest BCUT2D eigenvalue weighted by atomic mass is 32.2. The molecule has 0 amide bonds. The van der Waals surface area contributed by atoms with Crippen molar-refractivity contribution in [2.24, 2.45) is 0 Å². The molecule has 0 fully saturated rings. The number of pyridine rings is 1. The molecule has 0 aliphatic carbocycles. The Labute approximate surface area is 149 Å². The minimum absolute atomic E-state index is 0.122. The number of carbonyl (C=O) groups excluding carboxylic acids is 1. The molecule has 8 heteroatoms. The number of ketones is 1. The van der Waals surface area contributed by atoms with E-state index in [2.05, 4.69) is 4.98 Å². The van der Waals surface area contributed by atoms with Crippen LogP contribution in [0.3, 0.4) is 0 Å². The van der Waals surface area contributed by atoms with Gasteiger partial charge in [0.05, 0.1) is 14.4 Å². The van der Waals surface area contributed by atoms with Crippen LogP contribution >= 0.6 is 23.1 Å². The number of nitriles is 1.